The van der Waals surface area contributed by atoms with Crippen LogP contribution in [0, 0.1) is 0 Å². The quantitative estimate of drug-likeness (QED) is 0.655. The molecule has 0 amide bonds. The molecule has 1 atom stereocenters. The van der Waals surface area contributed by atoms with Crippen molar-refractivity contribution >= 4 is 10.0 Å². The van der Waals surface area contributed by atoms with Crippen LogP contribution >= 0.6 is 0 Å². The Morgan fingerprint density at radius 1 is 1.31 bits per heavy atom. The van der Waals surface area contributed by atoms with Crippen LogP contribution in [0.1, 0.15) is 19.3 Å². The minimum Gasteiger partial charge on any atom is -0.312 e. The molecule has 2 rings (SSSR count). The van der Waals surface area contributed by atoms with Crippen molar-refractivity contribution in [2.24, 2.45) is 0 Å². The zero-order valence-corrected chi connectivity index (χ0v) is 10.6. The third-order valence-electron chi connectivity index (χ3n) is 3.40. The van der Waals surface area contributed by atoms with Gasteiger partial charge in [-0.2, -0.15) is 0 Å². The van der Waals surface area contributed by atoms with Gasteiger partial charge in [-0.05, 0) is 26.3 Å². The normalized spacial score (nSPS) is 27.4. The minimum absolute atomic E-state index is 0.170. The van der Waals surface area contributed by atoms with Gasteiger partial charge in [-0.25, -0.2) is 13.1 Å². The lowest BCUT2D eigenvalue weighted by atomic mass is 10.3. The number of sulfonamides is 1. The van der Waals surface area contributed by atoms with Gasteiger partial charge >= 0.3 is 0 Å². The summed E-state index contributed by atoms with van der Waals surface area (Å²) in [6, 6.07) is 1.31. The van der Waals surface area contributed by atoms with Gasteiger partial charge in [-0.3, -0.25) is 4.90 Å². The van der Waals surface area contributed by atoms with E-state index in [1.165, 1.54) is 26.4 Å². The van der Waals surface area contributed by atoms with Crippen molar-refractivity contribution in [3.63, 3.8) is 0 Å². The highest BCUT2D eigenvalue weighted by molar-refractivity contribution is 7.89. The summed E-state index contributed by atoms with van der Waals surface area (Å²) in [4.78, 5) is 2.52. The maximum atomic E-state index is 11.2. The molecule has 1 saturated heterocycles. The molecule has 5 nitrogen and oxygen atoms in total. The molecule has 2 N–H and O–H groups in total. The molecule has 0 aromatic carbocycles. The molecule has 16 heavy (non-hydrogen) atoms. The molecule has 6 heteroatoms. The molecule has 1 aliphatic heterocycles. The molecule has 0 aromatic heterocycles. The van der Waals surface area contributed by atoms with Crippen LogP contribution in [0.15, 0.2) is 0 Å². The molecule has 1 heterocycles. The first kappa shape index (κ1) is 12.3. The third-order valence-corrected chi connectivity index (χ3v) is 4.76. The van der Waals surface area contributed by atoms with Gasteiger partial charge in [0.15, 0.2) is 0 Å². The maximum absolute atomic E-state index is 11.2. The maximum Gasteiger partial charge on any atom is 0.212 e. The predicted octanol–water partition coefficient (Wildman–Crippen LogP) is -0.638. The Labute approximate surface area is 97.6 Å². The number of hydrogen-bond acceptors (Lipinski definition) is 4. The largest absolute Gasteiger partial charge is 0.312 e. The van der Waals surface area contributed by atoms with Crippen molar-refractivity contribution in [2.75, 3.05) is 32.4 Å². The van der Waals surface area contributed by atoms with Gasteiger partial charge in [0, 0.05) is 31.7 Å². The lowest BCUT2D eigenvalue weighted by molar-refractivity contribution is 0.318. The first-order valence-electron chi connectivity index (χ1n) is 5.99. The van der Waals surface area contributed by atoms with Gasteiger partial charge in [-0.15, -0.1) is 0 Å². The van der Waals surface area contributed by atoms with Gasteiger partial charge < -0.3 is 5.32 Å². The van der Waals surface area contributed by atoms with Crippen LogP contribution in [-0.4, -0.2) is 57.8 Å². The lowest BCUT2D eigenvalue weighted by Crippen LogP contribution is -2.37. The van der Waals surface area contributed by atoms with Gasteiger partial charge in [0.2, 0.25) is 10.0 Å². The molecule has 1 aliphatic carbocycles. The highest BCUT2D eigenvalue weighted by atomic mass is 32.2. The predicted molar refractivity (Wildman–Crippen MR) is 63.8 cm³/mol. The fourth-order valence-corrected chi connectivity index (χ4v) is 2.82. The van der Waals surface area contributed by atoms with E-state index in [0.717, 1.165) is 19.0 Å². The number of rotatable bonds is 6. The van der Waals surface area contributed by atoms with E-state index in [0.29, 0.717) is 12.6 Å². The topological polar surface area (TPSA) is 61.4 Å². The summed E-state index contributed by atoms with van der Waals surface area (Å²) in [7, 11) is -1.60. The number of hydrogen-bond donors (Lipinski definition) is 2. The van der Waals surface area contributed by atoms with Crippen molar-refractivity contribution in [1.82, 2.24) is 14.9 Å². The fraction of sp³-hybridized carbons (Fsp3) is 1.00. The second-order valence-corrected chi connectivity index (χ2v) is 6.73. The second kappa shape index (κ2) is 5.00. The van der Waals surface area contributed by atoms with E-state index in [4.69, 9.17) is 0 Å². The molecule has 0 bridgehead atoms. The second-order valence-electron chi connectivity index (χ2n) is 4.69. The van der Waals surface area contributed by atoms with Crippen LogP contribution in [0.25, 0.3) is 0 Å². The number of nitrogens with zero attached hydrogens (tertiary/aromatic N) is 1. The summed E-state index contributed by atoms with van der Waals surface area (Å²) in [6.45, 7) is 2.80. The Morgan fingerprint density at radius 2 is 2.06 bits per heavy atom. The Hall–Kier alpha value is -0.170. The SMILES string of the molecule is CNS(=O)(=O)CCNC1CCN(C2CC2)C1. The van der Waals surface area contributed by atoms with Crippen LogP contribution in [0.3, 0.4) is 0 Å². The average molecular weight is 247 g/mol. The average Bonchev–Trinajstić information content (AvgIpc) is 3.00. The Kier molecular flexibility index (Phi) is 3.84. The van der Waals surface area contributed by atoms with Crippen molar-refractivity contribution in [1.29, 1.82) is 0 Å². The molecule has 1 saturated carbocycles. The smallest absolute Gasteiger partial charge is 0.212 e. The summed E-state index contributed by atoms with van der Waals surface area (Å²) in [5.74, 6) is 0.170. The number of likely N-dealkylation sites (tertiary alicyclic amines) is 1. The van der Waals surface area contributed by atoms with E-state index in [2.05, 4.69) is 14.9 Å². The van der Waals surface area contributed by atoms with Crippen molar-refractivity contribution in [3.05, 3.63) is 0 Å². The van der Waals surface area contributed by atoms with Gasteiger partial charge in [-0.1, -0.05) is 0 Å². The first-order valence-corrected chi connectivity index (χ1v) is 7.64. The zero-order chi connectivity index (χ0) is 11.6. The lowest BCUT2D eigenvalue weighted by Gasteiger charge is -2.15. The summed E-state index contributed by atoms with van der Waals surface area (Å²) in [5, 5.41) is 3.32. The summed E-state index contributed by atoms with van der Waals surface area (Å²) >= 11 is 0. The van der Waals surface area contributed by atoms with E-state index >= 15 is 0 Å². The highest BCUT2D eigenvalue weighted by Gasteiger charge is 2.34. The third kappa shape index (κ3) is 3.41. The van der Waals surface area contributed by atoms with Crippen molar-refractivity contribution < 1.29 is 8.42 Å². The van der Waals surface area contributed by atoms with E-state index in [9.17, 15) is 8.42 Å². The van der Waals surface area contributed by atoms with Crippen LogP contribution in [0.4, 0.5) is 0 Å². The number of nitrogens with one attached hydrogen (secondary N) is 2. The monoisotopic (exact) mass is 247 g/mol. The molecule has 0 aromatic rings. The molecule has 2 fully saturated rings. The first-order chi connectivity index (χ1) is 7.61. The van der Waals surface area contributed by atoms with Crippen LogP contribution in [-0.2, 0) is 10.0 Å². The van der Waals surface area contributed by atoms with Crippen LogP contribution in [0.2, 0.25) is 0 Å². The van der Waals surface area contributed by atoms with E-state index in [1.807, 2.05) is 0 Å². The van der Waals surface area contributed by atoms with Crippen LogP contribution < -0.4 is 10.0 Å². The fourth-order valence-electron chi connectivity index (χ4n) is 2.22. The Balaban J connectivity index is 1.64. The van der Waals surface area contributed by atoms with Gasteiger partial charge in [0.1, 0.15) is 0 Å². The standard InChI is InChI=1S/C10H21N3O2S/c1-11-16(14,15)7-5-12-9-4-6-13(8-9)10-2-3-10/h9-12H,2-8H2,1H3. The highest BCUT2D eigenvalue weighted by Crippen LogP contribution is 2.29. The van der Waals surface area contributed by atoms with E-state index in [-0.39, 0.29) is 5.75 Å². The molecule has 0 radical (unpaired) electrons. The van der Waals surface area contributed by atoms with Gasteiger partial charge in [0.25, 0.3) is 0 Å². The summed E-state index contributed by atoms with van der Waals surface area (Å²) in [6.07, 6.45) is 3.85. The summed E-state index contributed by atoms with van der Waals surface area (Å²) < 4.78 is 24.7. The summed E-state index contributed by atoms with van der Waals surface area (Å²) in [5.41, 5.74) is 0. The molecule has 1 unspecified atom stereocenters. The van der Waals surface area contributed by atoms with E-state index < -0.39 is 10.0 Å². The van der Waals surface area contributed by atoms with Crippen LogP contribution in [0.5, 0.6) is 0 Å². The molecule has 94 valence electrons. The molecular formula is C10H21N3O2S. The Bertz CT molecular complexity index is 327. The van der Waals surface area contributed by atoms with Gasteiger partial charge in [0.05, 0.1) is 5.75 Å². The zero-order valence-electron chi connectivity index (χ0n) is 9.78. The molecular weight excluding hydrogens is 226 g/mol. The van der Waals surface area contributed by atoms with Crippen molar-refractivity contribution in [3.8, 4) is 0 Å². The molecule has 0 spiro atoms. The van der Waals surface area contributed by atoms with Crippen molar-refractivity contribution in [2.45, 2.75) is 31.3 Å². The Morgan fingerprint density at radius 3 is 2.69 bits per heavy atom. The molecule has 2 aliphatic rings. The minimum atomic E-state index is -3.05. The van der Waals surface area contributed by atoms with E-state index in [1.54, 1.807) is 0 Å².